The fourth-order valence-electron chi connectivity index (χ4n) is 2.76. The monoisotopic (exact) mass is 283 g/mol. The van der Waals surface area contributed by atoms with Gasteiger partial charge in [0.15, 0.2) is 5.96 Å². The second-order valence-corrected chi connectivity index (χ2v) is 6.49. The molecule has 1 saturated carbocycles. The lowest BCUT2D eigenvalue weighted by atomic mass is 9.83. The minimum atomic E-state index is 0.202. The Labute approximate surface area is 124 Å². The maximum atomic E-state index is 9.10. The first-order valence-electron chi connectivity index (χ1n) is 8.17. The average molecular weight is 283 g/mol. The van der Waals surface area contributed by atoms with Crippen LogP contribution in [0.1, 0.15) is 46.5 Å². The summed E-state index contributed by atoms with van der Waals surface area (Å²) in [5.41, 5.74) is 0. The Morgan fingerprint density at radius 2 is 2.00 bits per heavy atom. The minimum Gasteiger partial charge on any atom is -0.396 e. The van der Waals surface area contributed by atoms with Gasteiger partial charge in [0, 0.05) is 33.3 Å². The summed E-state index contributed by atoms with van der Waals surface area (Å²) >= 11 is 0. The molecule has 118 valence electrons. The molecule has 0 bridgehead atoms. The highest BCUT2D eigenvalue weighted by Crippen LogP contribution is 2.28. The van der Waals surface area contributed by atoms with Gasteiger partial charge in [-0.25, -0.2) is 0 Å². The van der Waals surface area contributed by atoms with Crippen LogP contribution in [0.25, 0.3) is 0 Å². The molecule has 1 aliphatic carbocycles. The maximum absolute atomic E-state index is 9.10. The van der Waals surface area contributed by atoms with Gasteiger partial charge in [0.25, 0.3) is 0 Å². The molecule has 4 nitrogen and oxygen atoms in total. The van der Waals surface area contributed by atoms with E-state index in [4.69, 9.17) is 5.11 Å². The van der Waals surface area contributed by atoms with E-state index in [1.165, 1.54) is 25.7 Å². The molecular formula is C16H33N3O. The molecule has 0 amide bonds. The van der Waals surface area contributed by atoms with Gasteiger partial charge in [0.1, 0.15) is 0 Å². The maximum Gasteiger partial charge on any atom is 0.193 e. The van der Waals surface area contributed by atoms with Gasteiger partial charge in [-0.1, -0.05) is 26.7 Å². The number of hydrogen-bond donors (Lipinski definition) is 2. The van der Waals surface area contributed by atoms with Crippen molar-refractivity contribution in [2.24, 2.45) is 22.7 Å². The van der Waals surface area contributed by atoms with Crippen LogP contribution < -0.4 is 5.32 Å². The summed E-state index contributed by atoms with van der Waals surface area (Å²) in [5, 5.41) is 12.5. The SMILES string of the molecule is CCNC(=NCC(C)CO)N(C)CC1CCC(C)CC1. The normalized spacial score (nSPS) is 25.4. The quantitative estimate of drug-likeness (QED) is 0.581. The van der Waals surface area contributed by atoms with E-state index in [9.17, 15) is 0 Å². The van der Waals surface area contributed by atoms with Gasteiger partial charge in [0.05, 0.1) is 0 Å². The molecule has 0 aromatic carbocycles. The van der Waals surface area contributed by atoms with Gasteiger partial charge in [-0.2, -0.15) is 0 Å². The Bertz CT molecular complexity index is 285. The molecule has 2 N–H and O–H groups in total. The van der Waals surface area contributed by atoms with Crippen LogP contribution in [0, 0.1) is 17.8 Å². The molecule has 20 heavy (non-hydrogen) atoms. The number of aliphatic hydroxyl groups excluding tert-OH is 1. The predicted octanol–water partition coefficient (Wildman–Crippen LogP) is 2.34. The summed E-state index contributed by atoms with van der Waals surface area (Å²) in [5.74, 6) is 2.91. The average Bonchev–Trinajstić information content (AvgIpc) is 2.45. The highest BCUT2D eigenvalue weighted by atomic mass is 16.3. The van der Waals surface area contributed by atoms with E-state index in [2.05, 4.69) is 36.1 Å². The molecule has 4 heteroatoms. The summed E-state index contributed by atoms with van der Waals surface area (Å²) in [7, 11) is 2.13. The van der Waals surface area contributed by atoms with Gasteiger partial charge >= 0.3 is 0 Å². The molecule has 0 saturated heterocycles. The fourth-order valence-corrected chi connectivity index (χ4v) is 2.76. The van der Waals surface area contributed by atoms with Crippen molar-refractivity contribution in [2.45, 2.75) is 46.5 Å². The van der Waals surface area contributed by atoms with E-state index >= 15 is 0 Å². The lowest BCUT2D eigenvalue weighted by molar-refractivity contribution is 0.239. The Morgan fingerprint density at radius 3 is 2.55 bits per heavy atom. The number of guanidine groups is 1. The van der Waals surface area contributed by atoms with Crippen molar-refractivity contribution in [3.05, 3.63) is 0 Å². The van der Waals surface area contributed by atoms with E-state index in [1.54, 1.807) is 0 Å². The molecule has 1 unspecified atom stereocenters. The number of nitrogens with zero attached hydrogens (tertiary/aromatic N) is 2. The minimum absolute atomic E-state index is 0.202. The lowest BCUT2D eigenvalue weighted by Crippen LogP contribution is -2.42. The molecular weight excluding hydrogens is 250 g/mol. The van der Waals surface area contributed by atoms with Crippen LogP contribution in [0.3, 0.4) is 0 Å². The standard InChI is InChI=1S/C16H33N3O/c1-5-17-16(18-10-14(3)12-20)19(4)11-15-8-6-13(2)7-9-15/h13-15,20H,5-12H2,1-4H3,(H,17,18). The molecule has 1 atom stereocenters. The van der Waals surface area contributed by atoms with Crippen molar-refractivity contribution in [3.63, 3.8) is 0 Å². The summed E-state index contributed by atoms with van der Waals surface area (Å²) in [6, 6.07) is 0. The zero-order valence-corrected chi connectivity index (χ0v) is 13.7. The van der Waals surface area contributed by atoms with E-state index in [0.29, 0.717) is 6.54 Å². The first-order chi connectivity index (χ1) is 9.56. The highest BCUT2D eigenvalue weighted by molar-refractivity contribution is 5.79. The number of aliphatic imine (C=N–C) groups is 1. The molecule has 0 spiro atoms. The number of nitrogens with one attached hydrogen (secondary N) is 1. The Morgan fingerprint density at radius 1 is 1.35 bits per heavy atom. The number of aliphatic hydroxyl groups is 1. The van der Waals surface area contributed by atoms with Crippen LogP contribution in [0.5, 0.6) is 0 Å². The van der Waals surface area contributed by atoms with Gasteiger partial charge in [-0.3, -0.25) is 4.99 Å². The topological polar surface area (TPSA) is 47.9 Å². The van der Waals surface area contributed by atoms with E-state index in [1.807, 2.05) is 6.92 Å². The van der Waals surface area contributed by atoms with Crippen molar-refractivity contribution in [1.82, 2.24) is 10.2 Å². The van der Waals surface area contributed by atoms with Crippen molar-refractivity contribution in [1.29, 1.82) is 0 Å². The van der Waals surface area contributed by atoms with Gasteiger partial charge in [0.2, 0.25) is 0 Å². The van der Waals surface area contributed by atoms with Crippen LogP contribution in [-0.4, -0.2) is 49.3 Å². The first kappa shape index (κ1) is 17.3. The molecule has 0 aromatic heterocycles. The Balaban J connectivity index is 2.48. The van der Waals surface area contributed by atoms with E-state index < -0.39 is 0 Å². The van der Waals surface area contributed by atoms with Crippen LogP contribution >= 0.6 is 0 Å². The molecule has 0 radical (unpaired) electrons. The third kappa shape index (κ3) is 6.12. The van der Waals surface area contributed by atoms with Crippen molar-refractivity contribution in [3.8, 4) is 0 Å². The third-order valence-corrected chi connectivity index (χ3v) is 4.23. The predicted molar refractivity (Wildman–Crippen MR) is 86.0 cm³/mol. The third-order valence-electron chi connectivity index (χ3n) is 4.23. The van der Waals surface area contributed by atoms with Gasteiger partial charge in [-0.15, -0.1) is 0 Å². The van der Waals surface area contributed by atoms with E-state index in [-0.39, 0.29) is 12.5 Å². The molecule has 1 aliphatic rings. The second kappa shape index (κ2) is 9.22. The smallest absolute Gasteiger partial charge is 0.193 e. The van der Waals surface area contributed by atoms with Crippen LogP contribution in [0.2, 0.25) is 0 Å². The summed E-state index contributed by atoms with van der Waals surface area (Å²) in [4.78, 5) is 6.89. The number of hydrogen-bond acceptors (Lipinski definition) is 2. The largest absolute Gasteiger partial charge is 0.396 e. The van der Waals surface area contributed by atoms with E-state index in [0.717, 1.165) is 30.9 Å². The van der Waals surface area contributed by atoms with Crippen LogP contribution in [-0.2, 0) is 0 Å². The molecule has 0 aliphatic heterocycles. The van der Waals surface area contributed by atoms with Crippen LogP contribution in [0.4, 0.5) is 0 Å². The molecule has 0 heterocycles. The zero-order chi connectivity index (χ0) is 15.0. The summed E-state index contributed by atoms with van der Waals surface area (Å²) < 4.78 is 0. The molecule has 0 aromatic rings. The van der Waals surface area contributed by atoms with Gasteiger partial charge in [-0.05, 0) is 37.5 Å². The lowest BCUT2D eigenvalue weighted by Gasteiger charge is -2.31. The highest BCUT2D eigenvalue weighted by Gasteiger charge is 2.20. The Kier molecular flexibility index (Phi) is 7.97. The molecule has 1 rings (SSSR count). The van der Waals surface area contributed by atoms with Crippen LogP contribution in [0.15, 0.2) is 4.99 Å². The summed E-state index contributed by atoms with van der Waals surface area (Å²) in [6.07, 6.45) is 5.43. The van der Waals surface area contributed by atoms with Crippen molar-refractivity contribution >= 4 is 5.96 Å². The van der Waals surface area contributed by atoms with Crippen molar-refractivity contribution in [2.75, 3.05) is 33.3 Å². The van der Waals surface area contributed by atoms with Crippen molar-refractivity contribution < 1.29 is 5.11 Å². The van der Waals surface area contributed by atoms with Gasteiger partial charge < -0.3 is 15.3 Å². The first-order valence-corrected chi connectivity index (χ1v) is 8.17. The zero-order valence-electron chi connectivity index (χ0n) is 13.7. The summed E-state index contributed by atoms with van der Waals surface area (Å²) in [6.45, 7) is 9.35. The Hall–Kier alpha value is -0.770. The fraction of sp³-hybridized carbons (Fsp3) is 0.938. The molecule has 1 fully saturated rings. The number of rotatable bonds is 6. The second-order valence-electron chi connectivity index (χ2n) is 6.49.